The Kier molecular flexibility index (Phi) is 8.74. The molecule has 3 heteroatoms. The molecule has 1 aliphatic rings. The number of rotatable bonds is 9. The van der Waals surface area contributed by atoms with Crippen LogP contribution in [0.3, 0.4) is 0 Å². The first-order valence-electron chi connectivity index (χ1n) is 8.52. The summed E-state index contributed by atoms with van der Waals surface area (Å²) in [5.74, 6) is 1.40. The van der Waals surface area contributed by atoms with Gasteiger partial charge in [-0.1, -0.05) is 33.6 Å². The highest BCUT2D eigenvalue weighted by Gasteiger charge is 2.22. The maximum Gasteiger partial charge on any atom is 0.0897 e. The van der Waals surface area contributed by atoms with Crippen LogP contribution >= 0.6 is 0 Å². The second kappa shape index (κ2) is 9.75. The van der Waals surface area contributed by atoms with Crippen LogP contribution in [-0.2, 0) is 4.74 Å². The van der Waals surface area contributed by atoms with Crippen LogP contribution in [0, 0.1) is 11.8 Å². The minimum Gasteiger partial charge on any atom is -0.389 e. The summed E-state index contributed by atoms with van der Waals surface area (Å²) in [5, 5.41) is 13.4. The molecule has 0 radical (unpaired) electrons. The Labute approximate surface area is 125 Å². The van der Waals surface area contributed by atoms with Crippen molar-refractivity contribution in [2.45, 2.75) is 84.5 Å². The summed E-state index contributed by atoms with van der Waals surface area (Å²) in [6.45, 7) is 10.1. The Morgan fingerprint density at radius 2 is 1.85 bits per heavy atom. The smallest absolute Gasteiger partial charge is 0.0897 e. The van der Waals surface area contributed by atoms with Crippen molar-refractivity contribution >= 4 is 0 Å². The van der Waals surface area contributed by atoms with Crippen molar-refractivity contribution in [2.24, 2.45) is 11.8 Å². The Morgan fingerprint density at radius 3 is 2.50 bits per heavy atom. The Hall–Kier alpha value is -0.120. The lowest BCUT2D eigenvalue weighted by molar-refractivity contribution is -0.0455. The standard InChI is InChI=1S/C17H35NO2/c1-13(2)9-10-15(4)18-11-16(19)12-20-17-8-6-5-7-14(17)3/h13-19H,5-12H2,1-4H3. The number of aliphatic hydroxyl groups is 1. The van der Waals surface area contributed by atoms with Crippen LogP contribution in [0.1, 0.15) is 66.2 Å². The van der Waals surface area contributed by atoms with E-state index in [1.54, 1.807) is 0 Å². The Bertz CT molecular complexity index is 245. The first kappa shape index (κ1) is 17.9. The van der Waals surface area contributed by atoms with Gasteiger partial charge in [0.25, 0.3) is 0 Å². The average molecular weight is 285 g/mol. The van der Waals surface area contributed by atoms with Crippen LogP contribution in [0.5, 0.6) is 0 Å². The van der Waals surface area contributed by atoms with E-state index in [0.29, 0.717) is 31.2 Å². The van der Waals surface area contributed by atoms with Crippen LogP contribution in [0.25, 0.3) is 0 Å². The lowest BCUT2D eigenvalue weighted by Crippen LogP contribution is -2.38. The van der Waals surface area contributed by atoms with Gasteiger partial charge in [0, 0.05) is 12.6 Å². The summed E-state index contributed by atoms with van der Waals surface area (Å²) in [7, 11) is 0. The molecule has 1 rings (SSSR count). The summed E-state index contributed by atoms with van der Waals surface area (Å²) in [6.07, 6.45) is 7.42. The van der Waals surface area contributed by atoms with Crippen LogP contribution in [0.4, 0.5) is 0 Å². The summed E-state index contributed by atoms with van der Waals surface area (Å²) >= 11 is 0. The molecule has 0 aromatic rings. The molecule has 0 aromatic heterocycles. The highest BCUT2D eigenvalue weighted by Crippen LogP contribution is 2.26. The molecule has 0 saturated heterocycles. The minimum absolute atomic E-state index is 0.358. The molecule has 3 nitrogen and oxygen atoms in total. The van der Waals surface area contributed by atoms with E-state index in [2.05, 4.69) is 33.0 Å². The van der Waals surface area contributed by atoms with Crippen molar-refractivity contribution in [3.05, 3.63) is 0 Å². The van der Waals surface area contributed by atoms with Gasteiger partial charge in [-0.3, -0.25) is 0 Å². The first-order chi connectivity index (χ1) is 9.49. The predicted octanol–water partition coefficient (Wildman–Crippen LogP) is 3.36. The fourth-order valence-electron chi connectivity index (χ4n) is 2.85. The fraction of sp³-hybridized carbons (Fsp3) is 1.00. The number of nitrogens with one attached hydrogen (secondary N) is 1. The molecule has 2 N–H and O–H groups in total. The molecule has 0 bridgehead atoms. The zero-order chi connectivity index (χ0) is 15.0. The van der Waals surface area contributed by atoms with Crippen LogP contribution in [0.2, 0.25) is 0 Å². The molecule has 20 heavy (non-hydrogen) atoms. The lowest BCUT2D eigenvalue weighted by Gasteiger charge is -2.29. The van der Waals surface area contributed by atoms with E-state index in [-0.39, 0.29) is 6.10 Å². The second-order valence-corrected chi connectivity index (χ2v) is 7.07. The van der Waals surface area contributed by atoms with E-state index in [1.807, 2.05) is 0 Å². The third-order valence-electron chi connectivity index (χ3n) is 4.41. The van der Waals surface area contributed by atoms with Crippen molar-refractivity contribution < 1.29 is 9.84 Å². The van der Waals surface area contributed by atoms with Crippen molar-refractivity contribution in [3.8, 4) is 0 Å². The zero-order valence-corrected chi connectivity index (χ0v) is 13.9. The number of aliphatic hydroxyl groups excluding tert-OH is 1. The molecular weight excluding hydrogens is 250 g/mol. The Morgan fingerprint density at radius 1 is 1.15 bits per heavy atom. The minimum atomic E-state index is -0.384. The van der Waals surface area contributed by atoms with E-state index in [9.17, 15) is 5.11 Å². The van der Waals surface area contributed by atoms with Gasteiger partial charge in [-0.15, -0.1) is 0 Å². The van der Waals surface area contributed by atoms with E-state index >= 15 is 0 Å². The predicted molar refractivity (Wildman–Crippen MR) is 84.9 cm³/mol. The molecule has 0 amide bonds. The van der Waals surface area contributed by atoms with Crippen molar-refractivity contribution in [1.82, 2.24) is 5.32 Å². The monoisotopic (exact) mass is 285 g/mol. The molecule has 1 fully saturated rings. The van der Waals surface area contributed by atoms with Crippen LogP contribution in [-0.4, -0.2) is 36.5 Å². The van der Waals surface area contributed by atoms with Gasteiger partial charge in [0.2, 0.25) is 0 Å². The van der Waals surface area contributed by atoms with Gasteiger partial charge < -0.3 is 15.2 Å². The van der Waals surface area contributed by atoms with Gasteiger partial charge in [0.15, 0.2) is 0 Å². The molecule has 0 spiro atoms. The normalized spacial score (nSPS) is 26.7. The van der Waals surface area contributed by atoms with Crippen molar-refractivity contribution in [3.63, 3.8) is 0 Å². The van der Waals surface area contributed by atoms with Crippen LogP contribution < -0.4 is 5.32 Å². The highest BCUT2D eigenvalue weighted by molar-refractivity contribution is 4.73. The molecule has 120 valence electrons. The van der Waals surface area contributed by atoms with Crippen LogP contribution in [0.15, 0.2) is 0 Å². The van der Waals surface area contributed by atoms with Gasteiger partial charge >= 0.3 is 0 Å². The van der Waals surface area contributed by atoms with E-state index in [0.717, 1.165) is 12.3 Å². The van der Waals surface area contributed by atoms with Gasteiger partial charge in [-0.05, 0) is 44.4 Å². The molecular formula is C17H35NO2. The van der Waals surface area contributed by atoms with Gasteiger partial charge in [-0.25, -0.2) is 0 Å². The fourth-order valence-corrected chi connectivity index (χ4v) is 2.85. The largest absolute Gasteiger partial charge is 0.389 e. The van der Waals surface area contributed by atoms with Gasteiger partial charge in [0.05, 0.1) is 18.8 Å². The third kappa shape index (κ3) is 7.61. The van der Waals surface area contributed by atoms with E-state index in [4.69, 9.17) is 4.74 Å². The molecule has 0 aliphatic heterocycles. The van der Waals surface area contributed by atoms with Crippen molar-refractivity contribution in [2.75, 3.05) is 13.2 Å². The maximum atomic E-state index is 10.0. The molecule has 4 unspecified atom stereocenters. The highest BCUT2D eigenvalue weighted by atomic mass is 16.5. The first-order valence-corrected chi connectivity index (χ1v) is 8.52. The summed E-state index contributed by atoms with van der Waals surface area (Å²) in [5.41, 5.74) is 0. The number of hydrogen-bond donors (Lipinski definition) is 2. The van der Waals surface area contributed by atoms with Crippen molar-refractivity contribution in [1.29, 1.82) is 0 Å². The quantitative estimate of drug-likeness (QED) is 0.682. The molecule has 0 heterocycles. The average Bonchev–Trinajstić information content (AvgIpc) is 2.42. The van der Waals surface area contributed by atoms with E-state index < -0.39 is 0 Å². The molecule has 4 atom stereocenters. The number of hydrogen-bond acceptors (Lipinski definition) is 3. The third-order valence-corrected chi connectivity index (χ3v) is 4.41. The SMILES string of the molecule is CC(C)CCC(C)NCC(O)COC1CCCCC1C. The van der Waals surface area contributed by atoms with E-state index in [1.165, 1.54) is 32.1 Å². The summed E-state index contributed by atoms with van der Waals surface area (Å²) in [6, 6.07) is 0.473. The molecule has 1 saturated carbocycles. The molecule has 1 aliphatic carbocycles. The number of ether oxygens (including phenoxy) is 1. The maximum absolute atomic E-state index is 10.0. The molecule has 0 aromatic carbocycles. The van der Waals surface area contributed by atoms with Gasteiger partial charge in [-0.2, -0.15) is 0 Å². The summed E-state index contributed by atoms with van der Waals surface area (Å²) < 4.78 is 5.90. The topological polar surface area (TPSA) is 41.5 Å². The lowest BCUT2D eigenvalue weighted by atomic mass is 9.88. The Balaban J connectivity index is 2.08. The zero-order valence-electron chi connectivity index (χ0n) is 13.9. The van der Waals surface area contributed by atoms with Gasteiger partial charge in [0.1, 0.15) is 0 Å². The second-order valence-electron chi connectivity index (χ2n) is 7.07. The summed E-state index contributed by atoms with van der Waals surface area (Å²) in [4.78, 5) is 0.